The van der Waals surface area contributed by atoms with Crippen LogP contribution in [-0.4, -0.2) is 43.2 Å². The van der Waals surface area contributed by atoms with Crippen LogP contribution in [0.4, 0.5) is 4.39 Å². The van der Waals surface area contributed by atoms with Crippen LogP contribution in [0.25, 0.3) is 5.65 Å². The number of pyridine rings is 1. The predicted octanol–water partition coefficient (Wildman–Crippen LogP) is 1.83. The van der Waals surface area contributed by atoms with Gasteiger partial charge in [-0.3, -0.25) is 9.59 Å². The zero-order valence-corrected chi connectivity index (χ0v) is 13.6. The summed E-state index contributed by atoms with van der Waals surface area (Å²) in [5.41, 5.74) is -0.329. The van der Waals surface area contributed by atoms with Gasteiger partial charge >= 0.3 is 5.97 Å². The van der Waals surface area contributed by atoms with Gasteiger partial charge in [-0.1, -0.05) is 11.6 Å². The molecule has 0 radical (unpaired) electrons. The molecule has 0 saturated carbocycles. The lowest BCUT2D eigenvalue weighted by molar-refractivity contribution is -0.135. The van der Waals surface area contributed by atoms with E-state index in [9.17, 15) is 19.1 Å². The van der Waals surface area contributed by atoms with Gasteiger partial charge in [0.25, 0.3) is 5.91 Å². The molecule has 0 atom stereocenters. The number of fused-ring (bicyclic) bond motifs is 1. The highest BCUT2D eigenvalue weighted by Crippen LogP contribution is 2.31. The number of carbonyl (C=O) groups is 2. The van der Waals surface area contributed by atoms with Crippen LogP contribution in [0.15, 0.2) is 30.6 Å². The number of nitrogens with one attached hydrogen (secondary N) is 1. The van der Waals surface area contributed by atoms with Crippen molar-refractivity contribution in [3.63, 3.8) is 0 Å². The highest BCUT2D eigenvalue weighted by Gasteiger charge is 2.21. The maximum Gasteiger partial charge on any atom is 0.322 e. The summed E-state index contributed by atoms with van der Waals surface area (Å²) in [5, 5.41) is 24.7. The number of nitrogens with zero attached hydrogens (tertiary/aromatic N) is 3. The number of ether oxygens (including phenoxy) is 1. The Kier molecular flexibility index (Phi) is 4.59. The molecule has 11 heteroatoms. The van der Waals surface area contributed by atoms with Crippen LogP contribution >= 0.6 is 11.6 Å². The largest absolute Gasteiger partial charge is 0.507 e. The van der Waals surface area contributed by atoms with Gasteiger partial charge in [0.1, 0.15) is 35.8 Å². The number of carbonyl (C=O) groups excluding carboxylic acids is 1. The fourth-order valence-electron chi connectivity index (χ4n) is 2.13. The van der Waals surface area contributed by atoms with Crippen molar-refractivity contribution in [2.75, 3.05) is 6.54 Å². The summed E-state index contributed by atoms with van der Waals surface area (Å²) in [6.45, 7) is -0.634. The molecule has 0 spiro atoms. The van der Waals surface area contributed by atoms with E-state index in [1.54, 1.807) is 0 Å². The minimum atomic E-state index is -1.25. The lowest BCUT2D eigenvalue weighted by atomic mass is 10.2. The first-order valence-electron chi connectivity index (χ1n) is 7.05. The lowest BCUT2D eigenvalue weighted by Crippen LogP contribution is -2.29. The number of amides is 1. The van der Waals surface area contributed by atoms with E-state index in [2.05, 4.69) is 15.4 Å². The minimum absolute atomic E-state index is 0.0209. The second-order valence-electron chi connectivity index (χ2n) is 4.99. The van der Waals surface area contributed by atoms with Crippen molar-refractivity contribution in [1.29, 1.82) is 0 Å². The molecule has 1 aromatic carbocycles. The summed E-state index contributed by atoms with van der Waals surface area (Å²) in [6, 6.07) is 4.73. The number of rotatable bonds is 5. The molecule has 0 bridgehead atoms. The molecule has 0 fully saturated rings. The molecule has 134 valence electrons. The summed E-state index contributed by atoms with van der Waals surface area (Å²) in [4.78, 5) is 26.6. The van der Waals surface area contributed by atoms with Crippen molar-refractivity contribution in [3.8, 4) is 17.4 Å². The van der Waals surface area contributed by atoms with Crippen molar-refractivity contribution < 1.29 is 28.9 Å². The zero-order valence-electron chi connectivity index (χ0n) is 12.8. The van der Waals surface area contributed by atoms with E-state index in [0.29, 0.717) is 0 Å². The van der Waals surface area contributed by atoms with Crippen molar-refractivity contribution >= 4 is 29.1 Å². The Hall–Kier alpha value is -3.40. The maximum absolute atomic E-state index is 13.2. The van der Waals surface area contributed by atoms with Crippen molar-refractivity contribution in [1.82, 2.24) is 19.9 Å². The second-order valence-corrected chi connectivity index (χ2v) is 5.40. The van der Waals surface area contributed by atoms with Gasteiger partial charge in [0, 0.05) is 12.1 Å². The highest BCUT2D eigenvalue weighted by atomic mass is 35.5. The van der Waals surface area contributed by atoms with E-state index in [1.807, 2.05) is 0 Å². The van der Waals surface area contributed by atoms with Crippen LogP contribution in [0.2, 0.25) is 5.02 Å². The fourth-order valence-corrected chi connectivity index (χ4v) is 2.30. The molecule has 1 amide bonds. The first-order chi connectivity index (χ1) is 12.4. The predicted molar refractivity (Wildman–Crippen MR) is 86.1 cm³/mol. The molecule has 0 aliphatic heterocycles. The van der Waals surface area contributed by atoms with Gasteiger partial charge in [-0.2, -0.15) is 9.61 Å². The highest BCUT2D eigenvalue weighted by molar-refractivity contribution is 6.30. The van der Waals surface area contributed by atoms with E-state index < -0.39 is 30.0 Å². The number of halogens is 2. The molecule has 0 unspecified atom stereocenters. The van der Waals surface area contributed by atoms with Gasteiger partial charge in [-0.15, -0.1) is 0 Å². The van der Waals surface area contributed by atoms with Crippen LogP contribution in [0, 0.1) is 5.82 Å². The van der Waals surface area contributed by atoms with E-state index >= 15 is 0 Å². The van der Waals surface area contributed by atoms with Gasteiger partial charge in [-0.25, -0.2) is 9.37 Å². The smallest absolute Gasteiger partial charge is 0.322 e. The SMILES string of the molecule is O=C(O)CNC(=O)c1c(O)cc(Oc2ccc(F)c(Cl)c2)n2ncnc12. The fraction of sp³-hybridized carbons (Fsp3) is 0.0667. The molecule has 9 nitrogen and oxygen atoms in total. The average Bonchev–Trinajstić information content (AvgIpc) is 3.05. The van der Waals surface area contributed by atoms with E-state index in [1.165, 1.54) is 12.1 Å². The minimum Gasteiger partial charge on any atom is -0.507 e. The van der Waals surface area contributed by atoms with Crippen LogP contribution in [0.3, 0.4) is 0 Å². The Bertz CT molecular complexity index is 1020. The van der Waals surface area contributed by atoms with Crippen molar-refractivity contribution in [2.24, 2.45) is 0 Å². The Balaban J connectivity index is 2.00. The summed E-state index contributed by atoms with van der Waals surface area (Å²) in [5.74, 6) is -3.08. The Morgan fingerprint density at radius 2 is 2.12 bits per heavy atom. The van der Waals surface area contributed by atoms with Gasteiger partial charge in [0.15, 0.2) is 5.65 Å². The molecule has 3 rings (SSSR count). The number of hydrogen-bond donors (Lipinski definition) is 3. The third kappa shape index (κ3) is 3.35. The van der Waals surface area contributed by atoms with E-state index in [4.69, 9.17) is 21.4 Å². The molecule has 2 aromatic heterocycles. The number of aliphatic carboxylic acids is 1. The third-order valence-corrected chi connectivity index (χ3v) is 3.53. The van der Waals surface area contributed by atoms with Crippen LogP contribution < -0.4 is 10.1 Å². The third-order valence-electron chi connectivity index (χ3n) is 3.24. The summed E-state index contributed by atoms with van der Waals surface area (Å²) >= 11 is 5.70. The number of hydrogen-bond acceptors (Lipinski definition) is 6. The van der Waals surface area contributed by atoms with E-state index in [0.717, 1.165) is 23.0 Å². The summed E-state index contributed by atoms with van der Waals surface area (Å²) in [7, 11) is 0. The lowest BCUT2D eigenvalue weighted by Gasteiger charge is -2.11. The molecule has 26 heavy (non-hydrogen) atoms. The molecule has 2 heterocycles. The normalized spacial score (nSPS) is 10.7. The first-order valence-corrected chi connectivity index (χ1v) is 7.43. The maximum atomic E-state index is 13.2. The summed E-state index contributed by atoms with van der Waals surface area (Å²) in [6.07, 6.45) is 1.12. The number of carboxylic acid groups (broad SMARTS) is 1. The molecular weight excluding hydrogens is 371 g/mol. The molecule has 0 aliphatic carbocycles. The topological polar surface area (TPSA) is 126 Å². The molecule has 0 aliphatic rings. The summed E-state index contributed by atoms with van der Waals surface area (Å²) < 4.78 is 19.9. The first kappa shape index (κ1) is 17.4. The zero-order chi connectivity index (χ0) is 18.8. The molecule has 0 saturated heterocycles. The van der Waals surface area contributed by atoms with Gasteiger partial charge < -0.3 is 20.3 Å². The molecular formula is C15H10ClFN4O5. The average molecular weight is 381 g/mol. The molecule has 3 N–H and O–H groups in total. The van der Waals surface area contributed by atoms with Gasteiger partial charge in [0.05, 0.1) is 5.02 Å². The van der Waals surface area contributed by atoms with Crippen LogP contribution in [0.5, 0.6) is 17.4 Å². The van der Waals surface area contributed by atoms with Crippen molar-refractivity contribution in [3.05, 3.63) is 47.0 Å². The van der Waals surface area contributed by atoms with Crippen LogP contribution in [0.1, 0.15) is 10.4 Å². The Morgan fingerprint density at radius 1 is 1.35 bits per heavy atom. The molecule has 3 aromatic rings. The number of carboxylic acids is 1. The number of benzene rings is 1. The standard InChI is InChI=1S/C15H10ClFN4O5/c16-8-3-7(1-2-9(8)17)26-11-4-10(22)13(14-19-6-20-21(11)14)15(25)18-5-12(23)24/h1-4,6,22H,5H2,(H,18,25)(H,23,24). The Labute approximate surface area is 149 Å². The van der Waals surface area contributed by atoms with Gasteiger partial charge in [0.2, 0.25) is 5.88 Å². The van der Waals surface area contributed by atoms with Crippen molar-refractivity contribution in [2.45, 2.75) is 0 Å². The van der Waals surface area contributed by atoms with E-state index in [-0.39, 0.29) is 27.9 Å². The number of aromatic nitrogens is 3. The quantitative estimate of drug-likeness (QED) is 0.616. The van der Waals surface area contributed by atoms with Crippen LogP contribution in [-0.2, 0) is 4.79 Å². The second kappa shape index (κ2) is 6.84. The van der Waals surface area contributed by atoms with Gasteiger partial charge in [-0.05, 0) is 12.1 Å². The monoisotopic (exact) mass is 380 g/mol. The number of aromatic hydroxyl groups is 1. The Morgan fingerprint density at radius 3 is 2.81 bits per heavy atom.